The minimum Gasteiger partial charge on any atom is -0.309 e. The van der Waals surface area contributed by atoms with Crippen LogP contribution in [-0.2, 0) is 50.9 Å². The van der Waals surface area contributed by atoms with Crippen LogP contribution in [0, 0.1) is 0 Å². The third kappa shape index (κ3) is 8.05. The average Bonchev–Trinajstić information content (AvgIpc) is 3.56. The van der Waals surface area contributed by atoms with Crippen LogP contribution in [0.25, 0.3) is 87.6 Å². The Balaban J connectivity index is 1.21. The minimum absolute atomic E-state index is 0.0941. The van der Waals surface area contributed by atoms with Crippen LogP contribution in [0.1, 0.15) is 44.5 Å². The lowest BCUT2D eigenvalue weighted by molar-refractivity contribution is -0.977. The van der Waals surface area contributed by atoms with Crippen molar-refractivity contribution in [1.29, 1.82) is 0 Å². The van der Waals surface area contributed by atoms with Gasteiger partial charge < -0.3 is 4.48 Å². The Morgan fingerprint density at radius 2 is 0.562 bits per heavy atom. The molecule has 0 saturated carbocycles. The molecule has 10 aromatic carbocycles. The Kier molecular flexibility index (Phi) is 10.3. The van der Waals surface area contributed by atoms with E-state index in [4.69, 9.17) is 0 Å². The van der Waals surface area contributed by atoms with Crippen LogP contribution in [-0.4, -0.2) is 4.48 Å². The van der Waals surface area contributed by atoms with Gasteiger partial charge in [-0.1, -0.05) is 97.1 Å². The van der Waals surface area contributed by atoms with Crippen molar-refractivity contribution in [3.63, 3.8) is 0 Å². The van der Waals surface area contributed by atoms with Gasteiger partial charge in [-0.2, -0.15) is 52.7 Å². The number of benzene rings is 10. The molecule has 0 aliphatic carbocycles. The SMILES string of the molecule is FC(F)(F)c1cc(-c2cc3c(c4ccccc24)-c2c(cc(-c4cc(C(F)(F)F)cc(C(F)(F)F)c4)c4ccccc24)C[N+]2(Cc4cc5ccccc5cc4-c4cc5ccccc5cc4C2)C3)cc(C(F)(F)F)c1. The fraction of sp³-hybridized carbons (Fsp3) is 0.133. The number of alkyl halides is 12. The van der Waals surface area contributed by atoms with Gasteiger partial charge in [-0.15, -0.1) is 0 Å². The van der Waals surface area contributed by atoms with E-state index < -0.39 is 47.0 Å². The van der Waals surface area contributed by atoms with Gasteiger partial charge in [0.15, 0.2) is 0 Å². The van der Waals surface area contributed by atoms with Crippen LogP contribution in [0.3, 0.4) is 0 Å². The summed E-state index contributed by atoms with van der Waals surface area (Å²) in [4.78, 5) is 0. The number of nitrogens with zero attached hydrogens (tertiary/aromatic N) is 1. The summed E-state index contributed by atoms with van der Waals surface area (Å²) in [5, 5.41) is 5.46. The van der Waals surface area contributed by atoms with Gasteiger partial charge in [0.2, 0.25) is 0 Å². The zero-order chi connectivity index (χ0) is 51.0. The van der Waals surface area contributed by atoms with Crippen LogP contribution < -0.4 is 0 Å². The van der Waals surface area contributed by atoms with Gasteiger partial charge >= 0.3 is 24.7 Å². The summed E-state index contributed by atoms with van der Waals surface area (Å²) in [6, 6.07) is 44.1. The highest BCUT2D eigenvalue weighted by molar-refractivity contribution is 6.14. The van der Waals surface area contributed by atoms with E-state index in [0.717, 1.165) is 68.1 Å². The number of rotatable bonds is 2. The molecule has 10 aromatic rings. The van der Waals surface area contributed by atoms with Gasteiger partial charge in [-0.25, -0.2) is 0 Å². The van der Waals surface area contributed by atoms with Gasteiger partial charge in [0.05, 0.1) is 22.3 Å². The molecule has 0 aromatic heterocycles. The number of fused-ring (bicyclic) bond motifs is 12. The Labute approximate surface area is 408 Å². The number of quaternary nitrogens is 1. The molecule has 2 heterocycles. The Morgan fingerprint density at radius 1 is 0.274 bits per heavy atom. The van der Waals surface area contributed by atoms with Crippen molar-refractivity contribution in [2.45, 2.75) is 50.9 Å². The second kappa shape index (κ2) is 16.2. The maximum Gasteiger partial charge on any atom is 0.416 e. The van der Waals surface area contributed by atoms with E-state index in [0.29, 0.717) is 56.9 Å². The zero-order valence-electron chi connectivity index (χ0n) is 38.0. The monoisotopic (exact) mass is 998 g/mol. The van der Waals surface area contributed by atoms with Crippen molar-refractivity contribution in [2.75, 3.05) is 0 Å². The minimum atomic E-state index is -5.13. The number of halogens is 12. The van der Waals surface area contributed by atoms with Crippen LogP contribution in [0.4, 0.5) is 52.7 Å². The molecule has 2 aliphatic rings. The highest BCUT2D eigenvalue weighted by Gasteiger charge is 2.42. The van der Waals surface area contributed by atoms with Crippen LogP contribution in [0.5, 0.6) is 0 Å². The summed E-state index contributed by atoms with van der Waals surface area (Å²) in [5.41, 5.74) is -0.224. The van der Waals surface area contributed by atoms with Gasteiger partial charge in [0, 0.05) is 22.3 Å². The smallest absolute Gasteiger partial charge is 0.309 e. The third-order valence-corrected chi connectivity index (χ3v) is 14.6. The molecule has 1 spiro atoms. The Hall–Kier alpha value is -7.64. The summed E-state index contributed by atoms with van der Waals surface area (Å²) in [7, 11) is 0. The quantitative estimate of drug-likeness (QED) is 0.120. The van der Waals surface area contributed by atoms with E-state index in [2.05, 4.69) is 24.3 Å². The van der Waals surface area contributed by atoms with Crippen molar-refractivity contribution in [3.8, 4) is 44.5 Å². The summed E-state index contributed by atoms with van der Waals surface area (Å²) in [5.74, 6) is 0. The lowest BCUT2D eigenvalue weighted by Crippen LogP contribution is -2.44. The summed E-state index contributed by atoms with van der Waals surface area (Å²) < 4.78 is 175. The second-order valence-corrected chi connectivity index (χ2v) is 19.3. The zero-order valence-corrected chi connectivity index (χ0v) is 38.0. The molecule has 0 saturated heterocycles. The first kappa shape index (κ1) is 46.4. The molecule has 2 aliphatic heterocycles. The summed E-state index contributed by atoms with van der Waals surface area (Å²) in [6.45, 7) is 0.934. The van der Waals surface area contributed by atoms with Crippen molar-refractivity contribution in [2.24, 2.45) is 0 Å². The Morgan fingerprint density at radius 3 is 0.890 bits per heavy atom. The maximum atomic E-state index is 14.6. The molecular weight excluding hydrogens is 963 g/mol. The van der Waals surface area contributed by atoms with Crippen LogP contribution >= 0.6 is 0 Å². The lowest BCUT2D eigenvalue weighted by atomic mass is 9.83. The number of hydrogen-bond donors (Lipinski definition) is 0. The van der Waals surface area contributed by atoms with Gasteiger partial charge in [-0.05, 0) is 160 Å². The van der Waals surface area contributed by atoms with E-state index in [1.54, 1.807) is 60.7 Å². The predicted octanol–water partition coefficient (Wildman–Crippen LogP) is 18.6. The molecule has 13 heteroatoms. The summed E-state index contributed by atoms with van der Waals surface area (Å²) in [6.07, 6.45) is -20.5. The largest absolute Gasteiger partial charge is 0.416 e. The van der Waals surface area contributed by atoms with Crippen molar-refractivity contribution in [3.05, 3.63) is 214 Å². The molecule has 12 rings (SSSR count). The normalized spacial score (nSPS) is 14.7. The van der Waals surface area contributed by atoms with Crippen LogP contribution in [0.2, 0.25) is 0 Å². The number of hydrogen-bond acceptors (Lipinski definition) is 0. The summed E-state index contributed by atoms with van der Waals surface area (Å²) >= 11 is 0. The van der Waals surface area contributed by atoms with E-state index in [1.807, 2.05) is 48.5 Å². The van der Waals surface area contributed by atoms with Gasteiger partial charge in [-0.3, -0.25) is 0 Å². The molecule has 0 bridgehead atoms. The first-order chi connectivity index (χ1) is 34.6. The molecular formula is C60H36F12N+. The third-order valence-electron chi connectivity index (χ3n) is 14.6. The molecule has 0 amide bonds. The molecule has 73 heavy (non-hydrogen) atoms. The van der Waals surface area contributed by atoms with E-state index in [9.17, 15) is 52.7 Å². The van der Waals surface area contributed by atoms with E-state index in [1.165, 1.54) is 0 Å². The highest BCUT2D eigenvalue weighted by atomic mass is 19.4. The van der Waals surface area contributed by atoms with Crippen molar-refractivity contribution in [1.82, 2.24) is 0 Å². The Bertz CT molecular complexity index is 3610. The standard InChI is InChI=1S/C60H36F12N/c61-57(62,63)43-19-37(20-44(27-43)58(64,65)66)51-25-41-31-73(29-39-17-33-9-1-3-11-35(33)23-53(39)54-24-36-12-4-2-10-34(36)18-40(54)30-73)32-42-26-52(38-21-45(59(67,68)69)28-46(22-38)60(70,71)72)48-14-6-8-16-50(48)56(42)55(41)49-15-7-5-13-47(49)51/h1-28H,29-32H2/q+1. The first-order valence-electron chi connectivity index (χ1n) is 23.2. The van der Waals surface area contributed by atoms with Gasteiger partial charge in [0.25, 0.3) is 0 Å². The van der Waals surface area contributed by atoms with E-state index >= 15 is 0 Å². The van der Waals surface area contributed by atoms with E-state index in [-0.39, 0.29) is 52.0 Å². The molecule has 0 fully saturated rings. The fourth-order valence-corrected chi connectivity index (χ4v) is 11.5. The molecule has 0 radical (unpaired) electrons. The predicted molar refractivity (Wildman–Crippen MR) is 260 cm³/mol. The molecule has 0 N–H and O–H groups in total. The second-order valence-electron chi connectivity index (χ2n) is 19.3. The topological polar surface area (TPSA) is 0 Å². The lowest BCUT2D eigenvalue weighted by Gasteiger charge is -2.38. The fourth-order valence-electron chi connectivity index (χ4n) is 11.5. The maximum absolute atomic E-state index is 14.6. The van der Waals surface area contributed by atoms with Crippen LogP contribution in [0.15, 0.2) is 170 Å². The van der Waals surface area contributed by atoms with Crippen molar-refractivity contribution < 1.29 is 57.2 Å². The molecule has 364 valence electrons. The highest BCUT2D eigenvalue weighted by Crippen LogP contribution is 2.52. The van der Waals surface area contributed by atoms with Gasteiger partial charge in [0.1, 0.15) is 26.2 Å². The molecule has 1 nitrogen and oxygen atoms in total. The first-order valence-corrected chi connectivity index (χ1v) is 23.2. The average molecular weight is 999 g/mol. The van der Waals surface area contributed by atoms with Crippen molar-refractivity contribution >= 4 is 43.1 Å². The molecule has 0 atom stereocenters. The molecule has 0 unspecified atom stereocenters.